The Morgan fingerprint density at radius 2 is 2.00 bits per heavy atom. The molecule has 0 aromatic carbocycles. The molecule has 1 heterocycles. The van der Waals surface area contributed by atoms with Crippen LogP contribution in [0.25, 0.3) is 0 Å². The van der Waals surface area contributed by atoms with Crippen molar-refractivity contribution in [2.45, 2.75) is 26.7 Å². The van der Waals surface area contributed by atoms with Crippen LogP contribution in [0.5, 0.6) is 0 Å². The number of ketones is 1. The maximum absolute atomic E-state index is 11.0. The highest BCUT2D eigenvalue weighted by molar-refractivity contribution is 5.78. The number of rotatable bonds is 2. The van der Waals surface area contributed by atoms with Gasteiger partial charge in [-0.1, -0.05) is 6.92 Å². The van der Waals surface area contributed by atoms with Gasteiger partial charge in [0.05, 0.1) is 0 Å². The topological polar surface area (TPSA) is 20.3 Å². The summed E-state index contributed by atoms with van der Waals surface area (Å²) in [5.41, 5.74) is 0. The van der Waals surface area contributed by atoms with Crippen molar-refractivity contribution in [1.29, 1.82) is 0 Å². The third-order valence-corrected chi connectivity index (χ3v) is 2.61. The van der Waals surface area contributed by atoms with E-state index in [9.17, 15) is 4.79 Å². The Hall–Kier alpha value is -0.370. The Bertz CT molecular complexity index is 136. The minimum Gasteiger partial charge on any atom is -0.304 e. The summed E-state index contributed by atoms with van der Waals surface area (Å²) < 4.78 is 0. The monoisotopic (exact) mass is 155 g/mol. The van der Waals surface area contributed by atoms with E-state index in [1.54, 1.807) is 6.92 Å². The van der Waals surface area contributed by atoms with Gasteiger partial charge in [0.15, 0.2) is 0 Å². The van der Waals surface area contributed by atoms with E-state index in [0.717, 1.165) is 32.5 Å². The smallest absolute Gasteiger partial charge is 0.133 e. The third kappa shape index (κ3) is 2.29. The van der Waals surface area contributed by atoms with Gasteiger partial charge in [0.1, 0.15) is 5.78 Å². The van der Waals surface area contributed by atoms with Crippen molar-refractivity contribution in [2.75, 3.05) is 19.6 Å². The van der Waals surface area contributed by atoms with Gasteiger partial charge in [-0.05, 0) is 39.4 Å². The van der Waals surface area contributed by atoms with Gasteiger partial charge in [0, 0.05) is 5.92 Å². The summed E-state index contributed by atoms with van der Waals surface area (Å²) in [4.78, 5) is 13.4. The number of likely N-dealkylation sites (tertiary alicyclic amines) is 1. The van der Waals surface area contributed by atoms with Gasteiger partial charge in [0.2, 0.25) is 0 Å². The minimum atomic E-state index is 0.359. The molecule has 64 valence electrons. The largest absolute Gasteiger partial charge is 0.304 e. The minimum absolute atomic E-state index is 0.359. The van der Waals surface area contributed by atoms with Crippen LogP contribution in [0.1, 0.15) is 26.7 Å². The maximum atomic E-state index is 11.0. The molecule has 0 radical (unpaired) electrons. The molecule has 0 aromatic heterocycles. The summed E-state index contributed by atoms with van der Waals surface area (Å²) in [6.07, 6.45) is 2.15. The van der Waals surface area contributed by atoms with Crippen molar-refractivity contribution in [2.24, 2.45) is 5.92 Å². The molecule has 0 unspecified atom stereocenters. The zero-order valence-corrected chi connectivity index (χ0v) is 7.47. The average Bonchev–Trinajstić information content (AvgIpc) is 2.05. The summed E-state index contributed by atoms with van der Waals surface area (Å²) in [7, 11) is 0. The van der Waals surface area contributed by atoms with E-state index in [1.807, 2.05) is 0 Å². The van der Waals surface area contributed by atoms with E-state index >= 15 is 0 Å². The second-order valence-corrected chi connectivity index (χ2v) is 3.32. The molecule has 11 heavy (non-hydrogen) atoms. The molecule has 1 fully saturated rings. The molecule has 2 heteroatoms. The first-order chi connectivity index (χ1) is 5.24. The standard InChI is InChI=1S/C9H17NO/c1-3-10-6-4-9(5-7-10)8(2)11/h9H,3-7H2,1-2H3. The zero-order chi connectivity index (χ0) is 8.27. The van der Waals surface area contributed by atoms with E-state index in [0.29, 0.717) is 11.7 Å². The molecular formula is C9H17NO. The molecule has 1 saturated heterocycles. The highest BCUT2D eigenvalue weighted by atomic mass is 16.1. The van der Waals surface area contributed by atoms with E-state index in [-0.39, 0.29) is 0 Å². The molecule has 2 nitrogen and oxygen atoms in total. The Labute approximate surface area is 68.6 Å². The second kappa shape index (κ2) is 3.86. The number of carbonyl (C=O) groups is 1. The predicted molar refractivity (Wildman–Crippen MR) is 45.5 cm³/mol. The van der Waals surface area contributed by atoms with Crippen molar-refractivity contribution in [3.8, 4) is 0 Å². The summed E-state index contributed by atoms with van der Waals surface area (Å²) >= 11 is 0. The van der Waals surface area contributed by atoms with Gasteiger partial charge in [0.25, 0.3) is 0 Å². The van der Waals surface area contributed by atoms with E-state index < -0.39 is 0 Å². The molecule has 0 atom stereocenters. The average molecular weight is 155 g/mol. The first-order valence-corrected chi connectivity index (χ1v) is 4.47. The van der Waals surface area contributed by atoms with Gasteiger partial charge >= 0.3 is 0 Å². The molecule has 1 aliphatic rings. The van der Waals surface area contributed by atoms with Gasteiger partial charge in [-0.25, -0.2) is 0 Å². The number of hydrogen-bond acceptors (Lipinski definition) is 2. The summed E-state index contributed by atoms with van der Waals surface area (Å²) in [6, 6.07) is 0. The highest BCUT2D eigenvalue weighted by Gasteiger charge is 2.20. The second-order valence-electron chi connectivity index (χ2n) is 3.32. The first-order valence-electron chi connectivity index (χ1n) is 4.47. The third-order valence-electron chi connectivity index (χ3n) is 2.61. The zero-order valence-electron chi connectivity index (χ0n) is 7.47. The Morgan fingerprint density at radius 3 is 2.36 bits per heavy atom. The lowest BCUT2D eigenvalue weighted by molar-refractivity contribution is -0.122. The molecule has 0 aliphatic carbocycles. The Kier molecular flexibility index (Phi) is 3.06. The lowest BCUT2D eigenvalue weighted by atomic mass is 9.93. The summed E-state index contributed by atoms with van der Waals surface area (Å²) in [5, 5.41) is 0. The van der Waals surface area contributed by atoms with E-state index in [2.05, 4.69) is 11.8 Å². The number of piperidine rings is 1. The van der Waals surface area contributed by atoms with Crippen LogP contribution < -0.4 is 0 Å². The van der Waals surface area contributed by atoms with Gasteiger partial charge in [-0.3, -0.25) is 4.79 Å². The number of nitrogens with zero attached hydrogens (tertiary/aromatic N) is 1. The molecule has 0 bridgehead atoms. The van der Waals surface area contributed by atoms with Gasteiger partial charge < -0.3 is 4.90 Å². The summed E-state index contributed by atoms with van der Waals surface area (Å²) in [6.45, 7) is 7.24. The molecule has 0 N–H and O–H groups in total. The number of Topliss-reactive ketones (excluding diaryl/α,β-unsaturated/α-hetero) is 1. The van der Waals surface area contributed by atoms with Crippen LogP contribution in [0.4, 0.5) is 0 Å². The first kappa shape index (κ1) is 8.72. The molecule has 0 saturated carbocycles. The summed E-state index contributed by atoms with van der Waals surface area (Å²) in [5.74, 6) is 0.735. The SMILES string of the molecule is CCN1CCC(C(C)=O)CC1. The fourth-order valence-corrected chi connectivity index (χ4v) is 1.66. The lowest BCUT2D eigenvalue weighted by Crippen LogP contribution is -2.35. The number of hydrogen-bond donors (Lipinski definition) is 0. The molecule has 1 rings (SSSR count). The van der Waals surface area contributed by atoms with Crippen LogP contribution in [0.2, 0.25) is 0 Å². The predicted octanol–water partition coefficient (Wildman–Crippen LogP) is 1.31. The van der Waals surface area contributed by atoms with E-state index in [1.165, 1.54) is 0 Å². The van der Waals surface area contributed by atoms with Gasteiger partial charge in [-0.2, -0.15) is 0 Å². The van der Waals surface area contributed by atoms with Crippen molar-refractivity contribution in [3.63, 3.8) is 0 Å². The highest BCUT2D eigenvalue weighted by Crippen LogP contribution is 2.17. The molecule has 1 aliphatic heterocycles. The van der Waals surface area contributed by atoms with Crippen LogP contribution in [0.3, 0.4) is 0 Å². The van der Waals surface area contributed by atoms with Gasteiger partial charge in [-0.15, -0.1) is 0 Å². The van der Waals surface area contributed by atoms with Crippen LogP contribution >= 0.6 is 0 Å². The van der Waals surface area contributed by atoms with Crippen LogP contribution in [-0.2, 0) is 4.79 Å². The van der Waals surface area contributed by atoms with Crippen molar-refractivity contribution in [3.05, 3.63) is 0 Å². The fourth-order valence-electron chi connectivity index (χ4n) is 1.66. The Morgan fingerprint density at radius 1 is 1.45 bits per heavy atom. The molecule has 0 spiro atoms. The lowest BCUT2D eigenvalue weighted by Gasteiger charge is -2.29. The fraction of sp³-hybridized carbons (Fsp3) is 0.889. The quantitative estimate of drug-likeness (QED) is 0.599. The van der Waals surface area contributed by atoms with E-state index in [4.69, 9.17) is 0 Å². The number of carbonyl (C=O) groups excluding carboxylic acids is 1. The molecular weight excluding hydrogens is 138 g/mol. The normalized spacial score (nSPS) is 22.0. The molecule has 0 amide bonds. The molecule has 0 aromatic rings. The maximum Gasteiger partial charge on any atom is 0.133 e. The van der Waals surface area contributed by atoms with Crippen molar-refractivity contribution in [1.82, 2.24) is 4.90 Å². The van der Waals surface area contributed by atoms with Crippen LogP contribution in [-0.4, -0.2) is 30.3 Å². The van der Waals surface area contributed by atoms with Crippen LogP contribution in [0.15, 0.2) is 0 Å². The van der Waals surface area contributed by atoms with Crippen LogP contribution in [0, 0.1) is 5.92 Å². The van der Waals surface area contributed by atoms with Crippen molar-refractivity contribution < 1.29 is 4.79 Å². The van der Waals surface area contributed by atoms with Crippen molar-refractivity contribution >= 4 is 5.78 Å². The Balaban J connectivity index is 2.30.